The van der Waals surface area contributed by atoms with E-state index in [1.54, 1.807) is 24.0 Å². The van der Waals surface area contributed by atoms with Gasteiger partial charge in [-0.05, 0) is 63.6 Å². The van der Waals surface area contributed by atoms with Crippen LogP contribution >= 0.6 is 0 Å². The first-order chi connectivity index (χ1) is 23.5. The quantitative estimate of drug-likeness (QED) is 0.298. The van der Waals surface area contributed by atoms with Crippen LogP contribution in [-0.2, 0) is 23.9 Å². The van der Waals surface area contributed by atoms with Crippen LogP contribution in [0.4, 0.5) is 4.79 Å². The number of carboxylic acid groups (broad SMARTS) is 1. The van der Waals surface area contributed by atoms with Crippen LogP contribution in [0.3, 0.4) is 0 Å². The lowest BCUT2D eigenvalue weighted by Gasteiger charge is -2.35. The molecule has 3 heterocycles. The van der Waals surface area contributed by atoms with Crippen LogP contribution in [0.2, 0.25) is 0 Å². The molecule has 1 aromatic heterocycles. The molecule has 2 aromatic rings. The Balaban J connectivity index is 1.25. The summed E-state index contributed by atoms with van der Waals surface area (Å²) in [5.74, 6) is -2.34. The van der Waals surface area contributed by atoms with Gasteiger partial charge < -0.3 is 39.9 Å². The molecule has 15 nitrogen and oxygen atoms in total. The average Bonchev–Trinajstić information content (AvgIpc) is 3.92. The summed E-state index contributed by atoms with van der Waals surface area (Å²) >= 11 is 0. The van der Waals surface area contributed by atoms with E-state index in [4.69, 9.17) is 9.47 Å². The van der Waals surface area contributed by atoms with Crippen molar-refractivity contribution in [3.63, 3.8) is 0 Å². The van der Waals surface area contributed by atoms with Crippen molar-refractivity contribution >= 4 is 46.6 Å². The highest BCUT2D eigenvalue weighted by molar-refractivity contribution is 5.99. The van der Waals surface area contributed by atoms with E-state index in [1.165, 1.54) is 15.9 Å². The number of carbonyl (C=O) groups is 6. The van der Waals surface area contributed by atoms with Gasteiger partial charge in [-0.1, -0.05) is 6.07 Å². The summed E-state index contributed by atoms with van der Waals surface area (Å²) < 4.78 is 11.0. The Morgan fingerprint density at radius 2 is 1.63 bits per heavy atom. The molecule has 0 spiro atoms. The molecule has 5 rings (SSSR count). The molecule has 1 unspecified atom stereocenters. The number of aliphatic carboxylic acids is 1. The lowest BCUT2D eigenvalue weighted by molar-refractivity contribution is -0.138. The van der Waals surface area contributed by atoms with Crippen molar-refractivity contribution in [3.05, 3.63) is 35.5 Å². The van der Waals surface area contributed by atoms with E-state index in [0.29, 0.717) is 42.9 Å². The van der Waals surface area contributed by atoms with Crippen LogP contribution in [-0.4, -0.2) is 125 Å². The van der Waals surface area contributed by atoms with Gasteiger partial charge in [0.15, 0.2) is 6.61 Å². The van der Waals surface area contributed by atoms with Gasteiger partial charge >= 0.3 is 12.1 Å². The number of fused-ring (bicyclic) bond motifs is 1. The SMILES string of the molecule is CCOC(=O)N1CCN(C(=O)C(CCC(=O)O)NC(=O)c2cc(OCC(=O)N3CCC(C(=O)NC4CC4)CC3)c3ccc(C)cc3n2)CC1. The standard InChI is InChI=1S/C34H44N6O9/c1-3-48-34(47)40-16-14-39(15-17-40)33(46)25(8-9-30(42)43)37-32(45)27-19-28(24-7-4-21(2)18-26(24)36-27)49-20-29(41)38-12-10-22(11-13-38)31(44)35-23-5-6-23/h4,7,18-19,22-23,25H,3,5-6,8-17,20H2,1-2H3,(H,35,44)(H,37,45)(H,42,43). The van der Waals surface area contributed by atoms with Crippen molar-refractivity contribution in [3.8, 4) is 5.75 Å². The zero-order valence-corrected chi connectivity index (χ0v) is 27.9. The highest BCUT2D eigenvalue weighted by atomic mass is 16.6. The second-order valence-electron chi connectivity index (χ2n) is 12.7. The van der Waals surface area contributed by atoms with Crippen molar-refractivity contribution < 1.29 is 43.3 Å². The van der Waals surface area contributed by atoms with E-state index in [0.717, 1.165) is 18.4 Å². The highest BCUT2D eigenvalue weighted by Gasteiger charge is 2.33. The van der Waals surface area contributed by atoms with E-state index in [1.807, 2.05) is 13.0 Å². The lowest BCUT2D eigenvalue weighted by Crippen LogP contribution is -2.56. The smallest absolute Gasteiger partial charge is 0.409 e. The van der Waals surface area contributed by atoms with E-state index in [9.17, 15) is 33.9 Å². The number of ether oxygens (including phenoxy) is 2. The number of aromatic nitrogens is 1. The summed E-state index contributed by atoms with van der Waals surface area (Å²) in [4.78, 5) is 85.3. The molecule has 2 aliphatic heterocycles. The monoisotopic (exact) mass is 680 g/mol. The topological polar surface area (TPSA) is 188 Å². The normalized spacial score (nSPS) is 17.3. The minimum atomic E-state index is -1.16. The third-order valence-electron chi connectivity index (χ3n) is 9.02. The van der Waals surface area contributed by atoms with Gasteiger partial charge in [0.1, 0.15) is 17.5 Å². The first kappa shape index (κ1) is 35.4. The predicted octanol–water partition coefficient (Wildman–Crippen LogP) is 1.70. The zero-order valence-electron chi connectivity index (χ0n) is 27.9. The Morgan fingerprint density at radius 1 is 0.939 bits per heavy atom. The number of pyridine rings is 1. The lowest BCUT2D eigenvalue weighted by atomic mass is 9.96. The van der Waals surface area contributed by atoms with Gasteiger partial charge in [-0.3, -0.25) is 24.0 Å². The van der Waals surface area contributed by atoms with Crippen LogP contribution in [0, 0.1) is 12.8 Å². The van der Waals surface area contributed by atoms with Gasteiger partial charge in [0, 0.05) is 69.1 Å². The van der Waals surface area contributed by atoms with Crippen molar-refractivity contribution in [1.82, 2.24) is 30.3 Å². The van der Waals surface area contributed by atoms with E-state index in [-0.39, 0.29) is 81.4 Å². The fourth-order valence-electron chi connectivity index (χ4n) is 6.01. The number of rotatable bonds is 12. The fraction of sp³-hybridized carbons (Fsp3) is 0.559. The fourth-order valence-corrected chi connectivity index (χ4v) is 6.01. The van der Waals surface area contributed by atoms with Crippen molar-refractivity contribution in [2.75, 3.05) is 52.5 Å². The number of hydrogen-bond acceptors (Lipinski definition) is 9. The molecular weight excluding hydrogens is 636 g/mol. The number of amides is 5. The number of likely N-dealkylation sites (tertiary alicyclic amines) is 1. The summed E-state index contributed by atoms with van der Waals surface area (Å²) in [7, 11) is 0. The number of piperidine rings is 1. The minimum absolute atomic E-state index is 0.0543. The van der Waals surface area contributed by atoms with Crippen LogP contribution in [0.5, 0.6) is 5.75 Å². The van der Waals surface area contributed by atoms with E-state index >= 15 is 0 Å². The van der Waals surface area contributed by atoms with Gasteiger partial charge in [0.2, 0.25) is 11.8 Å². The maximum atomic E-state index is 13.6. The maximum absolute atomic E-state index is 13.6. The largest absolute Gasteiger partial charge is 0.483 e. The number of hydrogen-bond donors (Lipinski definition) is 3. The molecule has 0 radical (unpaired) electrons. The van der Waals surface area contributed by atoms with Crippen LogP contribution in [0.1, 0.15) is 61.5 Å². The molecular formula is C34H44N6O9. The number of carbonyl (C=O) groups excluding carboxylic acids is 5. The van der Waals surface area contributed by atoms with Crippen molar-refractivity contribution in [1.29, 1.82) is 0 Å². The second-order valence-corrected chi connectivity index (χ2v) is 12.7. The summed E-state index contributed by atoms with van der Waals surface area (Å²) in [6.45, 7) is 5.27. The van der Waals surface area contributed by atoms with E-state index in [2.05, 4.69) is 15.6 Å². The number of nitrogens with zero attached hydrogens (tertiary/aromatic N) is 4. The Kier molecular flexibility index (Phi) is 11.5. The molecule has 5 amide bonds. The third-order valence-corrected chi connectivity index (χ3v) is 9.02. The molecule has 3 aliphatic rings. The summed E-state index contributed by atoms with van der Waals surface area (Å²) in [5, 5.41) is 15.6. The minimum Gasteiger partial charge on any atom is -0.483 e. The molecule has 49 heavy (non-hydrogen) atoms. The summed E-state index contributed by atoms with van der Waals surface area (Å²) in [5.41, 5.74) is 1.26. The zero-order chi connectivity index (χ0) is 35.1. The van der Waals surface area contributed by atoms with Gasteiger partial charge in [-0.25, -0.2) is 9.78 Å². The number of nitrogens with one attached hydrogen (secondary N) is 2. The van der Waals surface area contributed by atoms with Crippen LogP contribution in [0.15, 0.2) is 24.3 Å². The van der Waals surface area contributed by atoms with Gasteiger partial charge in [0.25, 0.3) is 11.8 Å². The summed E-state index contributed by atoms with van der Waals surface area (Å²) in [6.07, 6.45) is 2.22. The second kappa shape index (κ2) is 16.0. The van der Waals surface area contributed by atoms with Crippen molar-refractivity contribution in [2.45, 2.75) is 64.5 Å². The molecule has 3 N–H and O–H groups in total. The van der Waals surface area contributed by atoms with Crippen LogP contribution < -0.4 is 15.4 Å². The Morgan fingerprint density at radius 3 is 2.29 bits per heavy atom. The third kappa shape index (κ3) is 9.36. The average molecular weight is 681 g/mol. The Bertz CT molecular complexity index is 1580. The molecule has 1 saturated carbocycles. The predicted molar refractivity (Wildman–Crippen MR) is 176 cm³/mol. The van der Waals surface area contributed by atoms with Gasteiger partial charge in [0.05, 0.1) is 12.1 Å². The van der Waals surface area contributed by atoms with E-state index < -0.39 is 29.9 Å². The highest BCUT2D eigenvalue weighted by Crippen LogP contribution is 2.28. The molecule has 1 atom stereocenters. The molecule has 1 aromatic carbocycles. The number of aryl methyl sites for hydroxylation is 1. The summed E-state index contributed by atoms with van der Waals surface area (Å²) in [6, 6.07) is 5.96. The molecule has 1 aliphatic carbocycles. The Labute approximate surface area is 284 Å². The number of benzene rings is 1. The van der Waals surface area contributed by atoms with Crippen molar-refractivity contribution in [2.24, 2.45) is 5.92 Å². The first-order valence-corrected chi connectivity index (χ1v) is 16.9. The molecule has 15 heteroatoms. The molecule has 0 bridgehead atoms. The molecule has 2 saturated heterocycles. The van der Waals surface area contributed by atoms with Gasteiger partial charge in [-0.15, -0.1) is 0 Å². The number of piperazine rings is 1. The Hall–Kier alpha value is -4.95. The number of carboxylic acids is 1. The molecule has 264 valence electrons. The maximum Gasteiger partial charge on any atom is 0.409 e. The first-order valence-electron chi connectivity index (χ1n) is 16.9. The molecule has 3 fully saturated rings. The van der Waals surface area contributed by atoms with Crippen LogP contribution in [0.25, 0.3) is 10.9 Å². The van der Waals surface area contributed by atoms with Gasteiger partial charge in [-0.2, -0.15) is 0 Å².